The lowest BCUT2D eigenvalue weighted by Crippen LogP contribution is -2.18. The van der Waals surface area contributed by atoms with Crippen molar-refractivity contribution in [3.8, 4) is 11.5 Å². The minimum Gasteiger partial charge on any atom is -0.496 e. The maximum absolute atomic E-state index is 12.3. The van der Waals surface area contributed by atoms with Gasteiger partial charge in [0.15, 0.2) is 0 Å². The van der Waals surface area contributed by atoms with Crippen LogP contribution in [0.2, 0.25) is 0 Å². The van der Waals surface area contributed by atoms with Gasteiger partial charge in [-0.15, -0.1) is 0 Å². The van der Waals surface area contributed by atoms with Crippen molar-refractivity contribution >= 4 is 59.9 Å². The molecule has 3 aromatic carbocycles. The number of hydrazone groups is 1. The van der Waals surface area contributed by atoms with E-state index in [1.807, 2.05) is 42.5 Å². The summed E-state index contributed by atoms with van der Waals surface area (Å²) in [5, 5.41) is 4.02. The number of hydrogen-bond acceptors (Lipinski definition) is 4. The van der Waals surface area contributed by atoms with E-state index >= 15 is 0 Å². The fraction of sp³-hybridized carbons (Fsp3) is 0.0909. The van der Waals surface area contributed by atoms with Crippen molar-refractivity contribution < 1.29 is 14.3 Å². The standard InChI is InChI=1S/C22H17Br3N2O3/c1-29-21-9-6-16(23)10-19(21)22(28)27-26-12-14-2-7-18(8-3-14)30-13-15-4-5-17(24)11-20(15)25/h2-12H,13H2,1H3,(H,27,28). The quantitative estimate of drug-likeness (QED) is 0.256. The van der Waals surface area contributed by atoms with E-state index < -0.39 is 0 Å². The lowest BCUT2D eigenvalue weighted by atomic mass is 10.2. The smallest absolute Gasteiger partial charge is 0.275 e. The van der Waals surface area contributed by atoms with Crippen LogP contribution in [0.4, 0.5) is 0 Å². The molecule has 3 aromatic rings. The van der Waals surface area contributed by atoms with Crippen LogP contribution in [-0.4, -0.2) is 19.2 Å². The zero-order chi connectivity index (χ0) is 21.5. The Hall–Kier alpha value is -2.16. The second-order valence-electron chi connectivity index (χ2n) is 6.14. The summed E-state index contributed by atoms with van der Waals surface area (Å²) in [5.74, 6) is 0.860. The average molecular weight is 597 g/mol. The predicted molar refractivity (Wildman–Crippen MR) is 128 cm³/mol. The Labute approximate surface area is 199 Å². The molecule has 0 unspecified atom stereocenters. The van der Waals surface area contributed by atoms with Gasteiger partial charge >= 0.3 is 0 Å². The van der Waals surface area contributed by atoms with E-state index in [-0.39, 0.29) is 5.91 Å². The first-order valence-electron chi connectivity index (χ1n) is 8.80. The predicted octanol–water partition coefficient (Wildman–Crippen LogP) is 6.33. The zero-order valence-corrected chi connectivity index (χ0v) is 20.6. The van der Waals surface area contributed by atoms with Crippen molar-refractivity contribution in [3.05, 3.63) is 90.8 Å². The number of ether oxygens (including phenoxy) is 2. The van der Waals surface area contributed by atoms with Crippen molar-refractivity contribution in [2.24, 2.45) is 5.10 Å². The summed E-state index contributed by atoms with van der Waals surface area (Å²) in [6, 6.07) is 18.6. The number of nitrogens with zero attached hydrogens (tertiary/aromatic N) is 1. The molecule has 30 heavy (non-hydrogen) atoms. The van der Waals surface area contributed by atoms with Crippen LogP contribution in [0, 0.1) is 0 Å². The van der Waals surface area contributed by atoms with Crippen LogP contribution in [-0.2, 0) is 6.61 Å². The summed E-state index contributed by atoms with van der Waals surface area (Å²) in [4.78, 5) is 12.3. The van der Waals surface area contributed by atoms with Gasteiger partial charge in [0.2, 0.25) is 0 Å². The number of halogens is 3. The van der Waals surface area contributed by atoms with Crippen LogP contribution < -0.4 is 14.9 Å². The Balaban J connectivity index is 1.57. The van der Waals surface area contributed by atoms with Gasteiger partial charge in [0.05, 0.1) is 18.9 Å². The summed E-state index contributed by atoms with van der Waals surface area (Å²) in [5.41, 5.74) is 4.78. The number of carbonyl (C=O) groups is 1. The number of rotatable bonds is 7. The van der Waals surface area contributed by atoms with E-state index in [2.05, 4.69) is 58.3 Å². The molecule has 0 saturated heterocycles. The van der Waals surface area contributed by atoms with E-state index in [0.717, 1.165) is 30.3 Å². The topological polar surface area (TPSA) is 59.9 Å². The number of amides is 1. The lowest BCUT2D eigenvalue weighted by molar-refractivity contribution is 0.0952. The number of carbonyl (C=O) groups excluding carboxylic acids is 1. The first-order valence-corrected chi connectivity index (χ1v) is 11.2. The van der Waals surface area contributed by atoms with E-state index in [1.54, 1.807) is 24.4 Å². The molecule has 0 saturated carbocycles. The lowest BCUT2D eigenvalue weighted by Gasteiger charge is -2.08. The van der Waals surface area contributed by atoms with Gasteiger partial charge in [0.25, 0.3) is 5.91 Å². The third-order valence-corrected chi connectivity index (χ3v) is 5.80. The highest BCUT2D eigenvalue weighted by Gasteiger charge is 2.12. The Morgan fingerprint density at radius 1 is 1.00 bits per heavy atom. The fourth-order valence-corrected chi connectivity index (χ4v) is 4.06. The molecule has 3 rings (SSSR count). The van der Waals surface area contributed by atoms with Crippen molar-refractivity contribution in [3.63, 3.8) is 0 Å². The third-order valence-electron chi connectivity index (χ3n) is 4.08. The molecule has 8 heteroatoms. The molecule has 0 bridgehead atoms. The molecule has 0 aliphatic carbocycles. The number of benzene rings is 3. The third kappa shape index (κ3) is 6.17. The molecule has 1 N–H and O–H groups in total. The van der Waals surface area contributed by atoms with Crippen molar-refractivity contribution in [2.75, 3.05) is 7.11 Å². The minimum absolute atomic E-state index is 0.357. The van der Waals surface area contributed by atoms with Crippen molar-refractivity contribution in [1.29, 1.82) is 0 Å². The largest absolute Gasteiger partial charge is 0.496 e. The fourth-order valence-electron chi connectivity index (χ4n) is 2.53. The molecule has 0 spiro atoms. The van der Waals surface area contributed by atoms with Crippen molar-refractivity contribution in [2.45, 2.75) is 6.61 Å². The summed E-state index contributed by atoms with van der Waals surface area (Å²) in [7, 11) is 1.52. The summed E-state index contributed by atoms with van der Waals surface area (Å²) < 4.78 is 13.8. The molecule has 0 radical (unpaired) electrons. The highest BCUT2D eigenvalue weighted by Crippen LogP contribution is 2.24. The SMILES string of the molecule is COc1ccc(Br)cc1C(=O)NN=Cc1ccc(OCc2ccc(Br)cc2Br)cc1. The van der Waals surface area contributed by atoms with E-state index in [9.17, 15) is 4.79 Å². The minimum atomic E-state index is -0.357. The normalized spacial score (nSPS) is 10.8. The number of methoxy groups -OCH3 is 1. The molecule has 1 amide bonds. The zero-order valence-electron chi connectivity index (χ0n) is 15.9. The van der Waals surface area contributed by atoms with Gasteiger partial charge in [-0.2, -0.15) is 5.10 Å². The van der Waals surface area contributed by atoms with Gasteiger partial charge in [-0.1, -0.05) is 53.9 Å². The van der Waals surface area contributed by atoms with Crippen LogP contribution in [0.1, 0.15) is 21.5 Å². The molecular formula is C22H17Br3N2O3. The summed E-state index contributed by atoms with van der Waals surface area (Å²) in [6.45, 7) is 0.450. The highest BCUT2D eigenvalue weighted by atomic mass is 79.9. The number of hydrogen-bond donors (Lipinski definition) is 1. The molecule has 154 valence electrons. The van der Waals surface area contributed by atoms with E-state index in [4.69, 9.17) is 9.47 Å². The van der Waals surface area contributed by atoms with Gasteiger partial charge < -0.3 is 9.47 Å². The summed E-state index contributed by atoms with van der Waals surface area (Å²) in [6.07, 6.45) is 1.57. The monoisotopic (exact) mass is 594 g/mol. The van der Waals surface area contributed by atoms with E-state index in [0.29, 0.717) is 17.9 Å². The number of nitrogens with one attached hydrogen (secondary N) is 1. The van der Waals surface area contributed by atoms with E-state index in [1.165, 1.54) is 7.11 Å². The molecular weight excluding hydrogens is 580 g/mol. The second kappa shape index (κ2) is 10.7. The van der Waals surface area contributed by atoms with Gasteiger partial charge in [-0.25, -0.2) is 5.43 Å². The molecule has 0 heterocycles. The average Bonchev–Trinajstić information content (AvgIpc) is 2.74. The molecule has 0 aromatic heterocycles. The molecule has 0 fully saturated rings. The Morgan fingerprint density at radius 2 is 1.70 bits per heavy atom. The molecule has 0 aliphatic heterocycles. The highest BCUT2D eigenvalue weighted by molar-refractivity contribution is 9.11. The maximum atomic E-state index is 12.3. The van der Waals surface area contributed by atoms with Crippen LogP contribution in [0.25, 0.3) is 0 Å². The first-order chi connectivity index (χ1) is 14.5. The first kappa shape index (κ1) is 22.5. The van der Waals surface area contributed by atoms with Crippen LogP contribution >= 0.6 is 47.8 Å². The molecule has 0 atom stereocenters. The Kier molecular flexibility index (Phi) is 8.07. The van der Waals surface area contributed by atoms with Gasteiger partial charge in [-0.3, -0.25) is 4.79 Å². The maximum Gasteiger partial charge on any atom is 0.275 e. The molecule has 0 aliphatic rings. The van der Waals surface area contributed by atoms with Gasteiger partial charge in [-0.05, 0) is 60.2 Å². The van der Waals surface area contributed by atoms with Gasteiger partial charge in [0, 0.05) is 19.0 Å². The second-order valence-corrected chi connectivity index (χ2v) is 8.82. The van der Waals surface area contributed by atoms with Crippen LogP contribution in [0.3, 0.4) is 0 Å². The Bertz CT molecular complexity index is 1070. The summed E-state index contributed by atoms with van der Waals surface area (Å²) >= 11 is 10.3. The van der Waals surface area contributed by atoms with Crippen LogP contribution in [0.15, 0.2) is 79.2 Å². The van der Waals surface area contributed by atoms with Crippen molar-refractivity contribution in [1.82, 2.24) is 5.43 Å². The van der Waals surface area contributed by atoms with Crippen LogP contribution in [0.5, 0.6) is 11.5 Å². The van der Waals surface area contributed by atoms with Gasteiger partial charge in [0.1, 0.15) is 18.1 Å². The molecule has 5 nitrogen and oxygen atoms in total. The Morgan fingerprint density at radius 3 is 2.40 bits per heavy atom.